The average Bonchev–Trinajstić information content (AvgIpc) is 2.73. The zero-order chi connectivity index (χ0) is 19.8. The van der Waals surface area contributed by atoms with Crippen molar-refractivity contribution in [3.8, 4) is 0 Å². The molecule has 0 spiro atoms. The molecule has 1 fully saturated rings. The molecule has 0 radical (unpaired) electrons. The molecule has 28 heavy (non-hydrogen) atoms. The van der Waals surface area contributed by atoms with Crippen LogP contribution < -0.4 is 0 Å². The molecular weight excluding hydrogens is 404 g/mol. The van der Waals surface area contributed by atoms with Crippen molar-refractivity contribution in [1.82, 2.24) is 0 Å². The lowest BCUT2D eigenvalue weighted by Crippen LogP contribution is -2.27. The minimum absolute atomic E-state index is 0.111. The molecule has 2 heterocycles. The second-order valence-corrected chi connectivity index (χ2v) is 11.9. The lowest BCUT2D eigenvalue weighted by Gasteiger charge is -2.39. The van der Waals surface area contributed by atoms with E-state index >= 15 is 0 Å². The van der Waals surface area contributed by atoms with Gasteiger partial charge < -0.3 is 4.74 Å². The maximum atomic E-state index is 11.8. The maximum absolute atomic E-state index is 11.8. The molecule has 2 aliphatic rings. The van der Waals surface area contributed by atoms with Gasteiger partial charge in [-0.25, -0.2) is 4.79 Å². The summed E-state index contributed by atoms with van der Waals surface area (Å²) in [7, 11) is 1.43. The van der Waals surface area contributed by atoms with E-state index in [9.17, 15) is 4.79 Å². The maximum Gasteiger partial charge on any atom is 0.337 e. The van der Waals surface area contributed by atoms with Gasteiger partial charge in [0.25, 0.3) is 0 Å². The van der Waals surface area contributed by atoms with E-state index in [1.807, 2.05) is 47.4 Å². The van der Waals surface area contributed by atoms with Crippen LogP contribution >= 0.6 is 35.3 Å². The molecule has 5 heteroatoms. The Bertz CT molecular complexity index is 868. The quantitative estimate of drug-likeness (QED) is 0.531. The van der Waals surface area contributed by atoms with Crippen molar-refractivity contribution >= 4 is 41.3 Å². The van der Waals surface area contributed by atoms with Crippen molar-refractivity contribution in [2.45, 2.75) is 41.1 Å². The van der Waals surface area contributed by atoms with Crippen LogP contribution in [0.1, 0.15) is 53.7 Å². The summed E-state index contributed by atoms with van der Waals surface area (Å²) in [6.07, 6.45) is 2.46. The Morgan fingerprint density at radius 3 is 2.32 bits per heavy atom. The van der Waals surface area contributed by atoms with E-state index in [4.69, 9.17) is 4.74 Å². The molecule has 2 aromatic carbocycles. The fraction of sp³-hybridized carbons (Fsp3) is 0.435. The van der Waals surface area contributed by atoms with Gasteiger partial charge in [-0.05, 0) is 70.4 Å². The first-order chi connectivity index (χ1) is 13.5. The van der Waals surface area contributed by atoms with Gasteiger partial charge in [0, 0.05) is 4.90 Å². The van der Waals surface area contributed by atoms with Crippen molar-refractivity contribution in [3.63, 3.8) is 0 Å². The zero-order valence-corrected chi connectivity index (χ0v) is 19.1. The highest BCUT2D eigenvalue weighted by atomic mass is 32.2. The van der Waals surface area contributed by atoms with E-state index in [0.29, 0.717) is 5.56 Å². The molecule has 0 N–H and O–H groups in total. The Kier molecular flexibility index (Phi) is 5.78. The van der Waals surface area contributed by atoms with E-state index in [1.165, 1.54) is 47.3 Å². The highest BCUT2D eigenvalue weighted by molar-refractivity contribution is 8.18. The van der Waals surface area contributed by atoms with Crippen LogP contribution in [0.25, 0.3) is 0 Å². The van der Waals surface area contributed by atoms with Crippen molar-refractivity contribution in [1.29, 1.82) is 0 Å². The first kappa shape index (κ1) is 20.2. The average molecular weight is 431 g/mol. The predicted octanol–water partition coefficient (Wildman–Crippen LogP) is 6.32. The molecule has 148 valence electrons. The van der Waals surface area contributed by atoms with Crippen molar-refractivity contribution in [2.24, 2.45) is 0 Å². The van der Waals surface area contributed by atoms with Gasteiger partial charge in [-0.2, -0.15) is 0 Å². The highest BCUT2D eigenvalue weighted by Crippen LogP contribution is 2.56. The number of rotatable bonds is 3. The molecule has 4 rings (SSSR count). The number of thioether (sulfide) groups is 3. The Hall–Kier alpha value is -1.04. The Morgan fingerprint density at radius 1 is 0.964 bits per heavy atom. The van der Waals surface area contributed by atoms with E-state index < -0.39 is 0 Å². The fourth-order valence-electron chi connectivity index (χ4n) is 3.92. The molecule has 2 aliphatic heterocycles. The number of hydrogen-bond acceptors (Lipinski definition) is 5. The van der Waals surface area contributed by atoms with Crippen molar-refractivity contribution in [2.75, 3.05) is 24.4 Å². The second kappa shape index (κ2) is 8.00. The lowest BCUT2D eigenvalue weighted by atomic mass is 9.80. The van der Waals surface area contributed by atoms with Gasteiger partial charge in [-0.3, -0.25) is 0 Å². The van der Waals surface area contributed by atoms with Crippen LogP contribution in [0.3, 0.4) is 0 Å². The topological polar surface area (TPSA) is 26.3 Å². The standard InChI is InChI=1S/C23H26O2S3/c1-22(2)11-14-26-20-10-9-18(15-19(20)22)23(27-12-4-13-28-23)17-7-5-16(6-8-17)21(24)25-3/h5-10,15H,4,11-14H2,1-3H3. The van der Waals surface area contributed by atoms with E-state index in [1.54, 1.807) is 0 Å². The van der Waals surface area contributed by atoms with Crippen LogP contribution in [-0.4, -0.2) is 30.3 Å². The second-order valence-electron chi connectivity index (χ2n) is 7.93. The first-order valence-electron chi connectivity index (χ1n) is 9.71. The van der Waals surface area contributed by atoms with Gasteiger partial charge in [0.1, 0.15) is 4.08 Å². The third kappa shape index (κ3) is 3.61. The van der Waals surface area contributed by atoms with E-state index in [0.717, 1.165) is 11.5 Å². The van der Waals surface area contributed by atoms with Gasteiger partial charge in [0.15, 0.2) is 0 Å². The number of benzene rings is 2. The molecule has 2 nitrogen and oxygen atoms in total. The minimum Gasteiger partial charge on any atom is -0.465 e. The number of esters is 1. The highest BCUT2D eigenvalue weighted by Gasteiger charge is 2.39. The molecule has 1 saturated heterocycles. The summed E-state index contributed by atoms with van der Waals surface area (Å²) in [5.74, 6) is 3.22. The molecule has 0 aliphatic carbocycles. The number of hydrogen-bond donors (Lipinski definition) is 0. The van der Waals surface area contributed by atoms with Crippen LogP contribution in [0, 0.1) is 0 Å². The van der Waals surface area contributed by atoms with E-state index in [-0.39, 0.29) is 15.5 Å². The largest absolute Gasteiger partial charge is 0.465 e. The van der Waals surface area contributed by atoms with Gasteiger partial charge in [0.05, 0.1) is 12.7 Å². The van der Waals surface area contributed by atoms with Gasteiger partial charge in [0.2, 0.25) is 0 Å². The van der Waals surface area contributed by atoms with Crippen LogP contribution in [-0.2, 0) is 14.2 Å². The number of fused-ring (bicyclic) bond motifs is 1. The van der Waals surface area contributed by atoms with Crippen LogP contribution in [0.4, 0.5) is 0 Å². The summed E-state index contributed by atoms with van der Waals surface area (Å²) < 4.78 is 4.75. The lowest BCUT2D eigenvalue weighted by molar-refractivity contribution is 0.0600. The molecule has 0 saturated carbocycles. The Labute approximate surface area is 180 Å². The van der Waals surface area contributed by atoms with Crippen LogP contribution in [0.2, 0.25) is 0 Å². The van der Waals surface area contributed by atoms with Crippen LogP contribution in [0.15, 0.2) is 47.4 Å². The Morgan fingerprint density at radius 2 is 1.64 bits per heavy atom. The monoisotopic (exact) mass is 430 g/mol. The minimum atomic E-state index is -0.280. The number of carbonyl (C=O) groups excluding carboxylic acids is 1. The number of ether oxygens (including phenoxy) is 1. The first-order valence-corrected chi connectivity index (χ1v) is 12.7. The summed E-state index contributed by atoms with van der Waals surface area (Å²) in [6, 6.07) is 15.1. The van der Waals surface area contributed by atoms with Gasteiger partial charge >= 0.3 is 5.97 Å². The molecule has 0 atom stereocenters. The van der Waals surface area contributed by atoms with Gasteiger partial charge in [-0.1, -0.05) is 38.1 Å². The normalized spacial score (nSPS) is 20.2. The summed E-state index contributed by atoms with van der Waals surface area (Å²) in [6.45, 7) is 4.74. The summed E-state index contributed by atoms with van der Waals surface area (Å²) in [4.78, 5) is 13.3. The molecule has 2 aromatic rings. The number of methoxy groups -OCH3 is 1. The molecule has 0 amide bonds. The fourth-order valence-corrected chi connectivity index (χ4v) is 8.76. The zero-order valence-electron chi connectivity index (χ0n) is 16.6. The summed E-state index contributed by atoms with van der Waals surface area (Å²) in [5, 5.41) is 0. The third-order valence-electron chi connectivity index (χ3n) is 5.66. The van der Waals surface area contributed by atoms with Crippen LogP contribution in [0.5, 0.6) is 0 Å². The summed E-state index contributed by atoms with van der Waals surface area (Å²) >= 11 is 6.04. The van der Waals surface area contributed by atoms with Crippen molar-refractivity contribution in [3.05, 3.63) is 64.7 Å². The van der Waals surface area contributed by atoms with Crippen molar-refractivity contribution < 1.29 is 9.53 Å². The molecule has 0 unspecified atom stereocenters. The summed E-state index contributed by atoms with van der Waals surface area (Å²) in [5.41, 5.74) is 4.95. The smallest absolute Gasteiger partial charge is 0.337 e. The predicted molar refractivity (Wildman–Crippen MR) is 123 cm³/mol. The Balaban J connectivity index is 1.79. The SMILES string of the molecule is COC(=O)c1ccc(C2(c3ccc4c(c3)C(C)(C)CCS4)SCCCS2)cc1. The molecule has 0 bridgehead atoms. The third-order valence-corrected chi connectivity index (χ3v) is 10.2. The molecular formula is C23H26O2S3. The molecule has 0 aromatic heterocycles. The number of carbonyl (C=O) groups is 1. The van der Waals surface area contributed by atoms with Gasteiger partial charge in [-0.15, -0.1) is 35.3 Å². The van der Waals surface area contributed by atoms with E-state index in [2.05, 4.69) is 44.2 Å².